The van der Waals surface area contributed by atoms with Crippen molar-refractivity contribution in [2.75, 3.05) is 0 Å². The summed E-state index contributed by atoms with van der Waals surface area (Å²) in [6.07, 6.45) is 13.1. The van der Waals surface area contributed by atoms with E-state index in [0.29, 0.717) is 5.41 Å². The molecule has 0 aromatic heterocycles. The van der Waals surface area contributed by atoms with E-state index in [2.05, 4.69) is 20.8 Å². The van der Waals surface area contributed by atoms with Gasteiger partial charge >= 0.3 is 0 Å². The average molecular weight is 196 g/mol. The summed E-state index contributed by atoms with van der Waals surface area (Å²) in [6.45, 7) is 7.37. The van der Waals surface area contributed by atoms with Crippen molar-refractivity contribution in [2.24, 2.45) is 11.3 Å². The Bertz CT molecular complexity index is 150. The highest BCUT2D eigenvalue weighted by Crippen LogP contribution is 2.40. The molecule has 0 aliphatic heterocycles. The fourth-order valence-electron chi connectivity index (χ4n) is 2.81. The summed E-state index contributed by atoms with van der Waals surface area (Å²) >= 11 is 0. The van der Waals surface area contributed by atoms with Crippen molar-refractivity contribution in [3.8, 4) is 0 Å². The molecule has 2 atom stereocenters. The molecule has 0 heterocycles. The Labute approximate surface area is 90.5 Å². The van der Waals surface area contributed by atoms with Crippen LogP contribution in [0.2, 0.25) is 0 Å². The van der Waals surface area contributed by atoms with Crippen LogP contribution in [0.1, 0.15) is 78.6 Å². The molecule has 0 bridgehead atoms. The lowest BCUT2D eigenvalue weighted by Crippen LogP contribution is -2.25. The summed E-state index contributed by atoms with van der Waals surface area (Å²) < 4.78 is 0. The van der Waals surface area contributed by atoms with E-state index in [4.69, 9.17) is 0 Å². The molecule has 14 heavy (non-hydrogen) atoms. The molecule has 1 saturated carbocycles. The third kappa shape index (κ3) is 3.29. The molecule has 1 fully saturated rings. The van der Waals surface area contributed by atoms with Crippen molar-refractivity contribution < 1.29 is 0 Å². The molecule has 0 aromatic rings. The first kappa shape index (κ1) is 12.1. The van der Waals surface area contributed by atoms with Gasteiger partial charge in [-0.1, -0.05) is 72.1 Å². The second-order valence-electron chi connectivity index (χ2n) is 5.57. The molecular formula is C14H28. The standard InChI is InChI=1S/C14H28/c1-4-14(3)12-10-8-6-5-7-9-11-13(14)2/h13H,4-12H2,1-3H3. The topological polar surface area (TPSA) is 0 Å². The summed E-state index contributed by atoms with van der Waals surface area (Å²) in [5, 5.41) is 0. The van der Waals surface area contributed by atoms with Gasteiger partial charge in [0.25, 0.3) is 0 Å². The SMILES string of the molecule is CCC1(C)CCCCCCCCC1C. The number of rotatable bonds is 1. The van der Waals surface area contributed by atoms with Gasteiger partial charge in [0.15, 0.2) is 0 Å². The first-order valence-electron chi connectivity index (χ1n) is 6.69. The molecule has 0 nitrogen and oxygen atoms in total. The van der Waals surface area contributed by atoms with Crippen molar-refractivity contribution in [1.29, 1.82) is 0 Å². The van der Waals surface area contributed by atoms with Gasteiger partial charge in [0.1, 0.15) is 0 Å². The van der Waals surface area contributed by atoms with E-state index in [9.17, 15) is 0 Å². The second kappa shape index (κ2) is 5.78. The van der Waals surface area contributed by atoms with E-state index in [-0.39, 0.29) is 0 Å². The molecule has 0 N–H and O–H groups in total. The third-order valence-corrected chi connectivity index (χ3v) is 4.63. The Kier molecular flexibility index (Phi) is 4.98. The first-order valence-corrected chi connectivity index (χ1v) is 6.69. The Morgan fingerprint density at radius 1 is 1.00 bits per heavy atom. The highest BCUT2D eigenvalue weighted by molar-refractivity contribution is 4.79. The molecule has 0 spiro atoms. The van der Waals surface area contributed by atoms with Crippen molar-refractivity contribution in [3.63, 3.8) is 0 Å². The minimum Gasteiger partial charge on any atom is -0.0649 e. The maximum Gasteiger partial charge on any atom is -0.0303 e. The lowest BCUT2D eigenvalue weighted by atomic mass is 9.70. The first-order chi connectivity index (χ1) is 6.69. The van der Waals surface area contributed by atoms with Crippen LogP contribution >= 0.6 is 0 Å². The van der Waals surface area contributed by atoms with Gasteiger partial charge in [-0.2, -0.15) is 0 Å². The Morgan fingerprint density at radius 3 is 2.21 bits per heavy atom. The molecule has 0 heteroatoms. The van der Waals surface area contributed by atoms with Gasteiger partial charge in [0.2, 0.25) is 0 Å². The Balaban J connectivity index is 2.51. The molecule has 2 unspecified atom stereocenters. The maximum atomic E-state index is 2.51. The second-order valence-corrected chi connectivity index (χ2v) is 5.57. The van der Waals surface area contributed by atoms with Gasteiger partial charge in [-0.3, -0.25) is 0 Å². The fourth-order valence-corrected chi connectivity index (χ4v) is 2.81. The Morgan fingerprint density at radius 2 is 1.57 bits per heavy atom. The van der Waals surface area contributed by atoms with Gasteiger partial charge in [-0.25, -0.2) is 0 Å². The van der Waals surface area contributed by atoms with E-state index in [0.717, 1.165) is 5.92 Å². The van der Waals surface area contributed by atoms with Crippen molar-refractivity contribution in [1.82, 2.24) is 0 Å². The van der Waals surface area contributed by atoms with Gasteiger partial charge in [0.05, 0.1) is 0 Å². The van der Waals surface area contributed by atoms with E-state index < -0.39 is 0 Å². The molecule has 0 radical (unpaired) electrons. The van der Waals surface area contributed by atoms with Crippen LogP contribution in [0.25, 0.3) is 0 Å². The number of hydrogen-bond donors (Lipinski definition) is 0. The van der Waals surface area contributed by atoms with Crippen LogP contribution in [-0.2, 0) is 0 Å². The molecular weight excluding hydrogens is 168 g/mol. The zero-order valence-corrected chi connectivity index (χ0v) is 10.4. The van der Waals surface area contributed by atoms with Crippen LogP contribution in [0, 0.1) is 11.3 Å². The number of hydrogen-bond acceptors (Lipinski definition) is 0. The van der Waals surface area contributed by atoms with E-state index in [1.54, 1.807) is 0 Å². The van der Waals surface area contributed by atoms with Gasteiger partial charge in [-0.15, -0.1) is 0 Å². The predicted octanol–water partition coefficient (Wildman–Crippen LogP) is 5.17. The molecule has 84 valence electrons. The fraction of sp³-hybridized carbons (Fsp3) is 1.00. The van der Waals surface area contributed by atoms with Crippen molar-refractivity contribution in [2.45, 2.75) is 78.6 Å². The zero-order chi connectivity index (χ0) is 10.4. The highest BCUT2D eigenvalue weighted by Gasteiger charge is 2.28. The predicted molar refractivity (Wildman–Crippen MR) is 64.5 cm³/mol. The molecule has 1 aliphatic rings. The Hall–Kier alpha value is 0. The van der Waals surface area contributed by atoms with Crippen LogP contribution in [0.5, 0.6) is 0 Å². The van der Waals surface area contributed by atoms with Crippen molar-refractivity contribution >= 4 is 0 Å². The summed E-state index contributed by atoms with van der Waals surface area (Å²) in [7, 11) is 0. The van der Waals surface area contributed by atoms with Crippen LogP contribution in [0.3, 0.4) is 0 Å². The minimum atomic E-state index is 0.636. The van der Waals surface area contributed by atoms with Gasteiger partial charge in [-0.05, 0) is 17.8 Å². The van der Waals surface area contributed by atoms with Gasteiger partial charge < -0.3 is 0 Å². The van der Waals surface area contributed by atoms with Crippen LogP contribution in [0.15, 0.2) is 0 Å². The zero-order valence-electron chi connectivity index (χ0n) is 10.4. The smallest absolute Gasteiger partial charge is 0.0303 e. The van der Waals surface area contributed by atoms with Crippen molar-refractivity contribution in [3.05, 3.63) is 0 Å². The summed E-state index contributed by atoms with van der Waals surface area (Å²) in [5.41, 5.74) is 0.636. The third-order valence-electron chi connectivity index (χ3n) is 4.63. The quantitative estimate of drug-likeness (QED) is 0.542. The maximum absolute atomic E-state index is 2.51. The largest absolute Gasteiger partial charge is 0.0649 e. The summed E-state index contributed by atoms with van der Waals surface area (Å²) in [6, 6.07) is 0. The summed E-state index contributed by atoms with van der Waals surface area (Å²) in [4.78, 5) is 0. The average Bonchev–Trinajstić information content (AvgIpc) is 2.20. The molecule has 1 rings (SSSR count). The summed E-state index contributed by atoms with van der Waals surface area (Å²) in [5.74, 6) is 0.936. The van der Waals surface area contributed by atoms with E-state index in [1.165, 1.54) is 57.8 Å². The monoisotopic (exact) mass is 196 g/mol. The van der Waals surface area contributed by atoms with Crippen LogP contribution < -0.4 is 0 Å². The molecule has 0 aromatic carbocycles. The van der Waals surface area contributed by atoms with Crippen LogP contribution in [-0.4, -0.2) is 0 Å². The van der Waals surface area contributed by atoms with Gasteiger partial charge in [0, 0.05) is 0 Å². The highest BCUT2D eigenvalue weighted by atomic mass is 14.3. The molecule has 0 saturated heterocycles. The normalized spacial score (nSPS) is 36.6. The minimum absolute atomic E-state index is 0.636. The van der Waals surface area contributed by atoms with E-state index >= 15 is 0 Å². The lowest BCUT2D eigenvalue weighted by molar-refractivity contribution is 0.153. The molecule has 0 amide bonds. The van der Waals surface area contributed by atoms with Crippen LogP contribution in [0.4, 0.5) is 0 Å². The van der Waals surface area contributed by atoms with E-state index in [1.807, 2.05) is 0 Å². The lowest BCUT2D eigenvalue weighted by Gasteiger charge is -2.36. The molecule has 1 aliphatic carbocycles.